The lowest BCUT2D eigenvalue weighted by molar-refractivity contribution is -0.132. The molecule has 1 aliphatic heterocycles. The molecule has 1 aromatic heterocycles. The van der Waals surface area contributed by atoms with E-state index in [-0.39, 0.29) is 31.8 Å². The highest BCUT2D eigenvalue weighted by atomic mass is 19.3. The third-order valence-electron chi connectivity index (χ3n) is 4.16. The number of carbonyl (C=O) groups excluding carboxylic acids is 1. The molecule has 0 saturated carbocycles. The van der Waals surface area contributed by atoms with Crippen LogP contribution in [0.5, 0.6) is 0 Å². The quantitative estimate of drug-likeness (QED) is 0.802. The Morgan fingerprint density at radius 1 is 1.16 bits per heavy atom. The van der Waals surface area contributed by atoms with Gasteiger partial charge in [0.25, 0.3) is 5.92 Å². The lowest BCUT2D eigenvalue weighted by atomic mass is 10.1. The van der Waals surface area contributed by atoms with Crippen molar-refractivity contribution >= 4 is 12.1 Å². The number of likely N-dealkylation sites (tertiary alicyclic amines) is 1. The van der Waals surface area contributed by atoms with Crippen molar-refractivity contribution in [2.24, 2.45) is 0 Å². The lowest BCUT2D eigenvalue weighted by Gasteiger charge is -2.30. The van der Waals surface area contributed by atoms with Crippen molar-refractivity contribution in [2.45, 2.75) is 32.6 Å². The van der Waals surface area contributed by atoms with Gasteiger partial charge in [0.1, 0.15) is 6.33 Å². The molecule has 7 heteroatoms. The summed E-state index contributed by atoms with van der Waals surface area (Å²) in [5.74, 6) is -2.38. The monoisotopic (exact) mass is 346 g/mol. The Hall–Kier alpha value is -2.57. The zero-order valence-electron chi connectivity index (χ0n) is 14.2. The van der Waals surface area contributed by atoms with Crippen molar-refractivity contribution in [2.75, 3.05) is 13.1 Å². The summed E-state index contributed by atoms with van der Waals surface area (Å²) in [6.07, 6.45) is 3.78. The van der Waals surface area contributed by atoms with Crippen molar-refractivity contribution in [1.82, 2.24) is 19.7 Å². The van der Waals surface area contributed by atoms with Gasteiger partial charge in [-0.25, -0.2) is 18.4 Å². The number of hydrogen-bond donors (Lipinski definition) is 0. The number of halogens is 2. The second kappa shape index (κ2) is 6.74. The zero-order chi connectivity index (χ0) is 18.0. The van der Waals surface area contributed by atoms with Gasteiger partial charge in [0.15, 0.2) is 5.82 Å². The Morgan fingerprint density at radius 2 is 1.80 bits per heavy atom. The maximum absolute atomic E-state index is 13.1. The Morgan fingerprint density at radius 3 is 2.44 bits per heavy atom. The van der Waals surface area contributed by atoms with E-state index in [9.17, 15) is 13.6 Å². The summed E-state index contributed by atoms with van der Waals surface area (Å²) in [5.41, 5.74) is 3.16. The van der Waals surface area contributed by atoms with Gasteiger partial charge in [-0.05, 0) is 26.0 Å². The summed E-state index contributed by atoms with van der Waals surface area (Å²) in [5, 5.41) is 4.33. The first kappa shape index (κ1) is 17.3. The van der Waals surface area contributed by atoms with Crippen molar-refractivity contribution in [3.05, 3.63) is 41.7 Å². The van der Waals surface area contributed by atoms with Crippen LogP contribution in [0.15, 0.2) is 30.6 Å². The third kappa shape index (κ3) is 4.29. The Balaban J connectivity index is 1.67. The molecule has 2 aromatic rings. The topological polar surface area (TPSA) is 51.0 Å². The highest BCUT2D eigenvalue weighted by Crippen LogP contribution is 2.27. The Labute approximate surface area is 145 Å². The maximum atomic E-state index is 13.1. The van der Waals surface area contributed by atoms with Crippen LogP contribution in [0.1, 0.15) is 24.0 Å². The summed E-state index contributed by atoms with van der Waals surface area (Å²) in [6, 6.07) is 6.06. The number of aryl methyl sites for hydroxylation is 2. The summed E-state index contributed by atoms with van der Waals surface area (Å²) < 4.78 is 27.7. The molecule has 1 amide bonds. The molecule has 0 aliphatic carbocycles. The molecule has 5 nitrogen and oxygen atoms in total. The van der Waals surface area contributed by atoms with Crippen LogP contribution in [0.25, 0.3) is 17.6 Å². The van der Waals surface area contributed by atoms with E-state index in [2.05, 4.69) is 16.1 Å². The van der Waals surface area contributed by atoms with E-state index in [0.717, 1.165) is 16.7 Å². The zero-order valence-corrected chi connectivity index (χ0v) is 14.2. The van der Waals surface area contributed by atoms with Crippen LogP contribution < -0.4 is 0 Å². The van der Waals surface area contributed by atoms with Gasteiger partial charge in [0, 0.05) is 43.8 Å². The first-order valence-electron chi connectivity index (χ1n) is 8.17. The van der Waals surface area contributed by atoms with Crippen molar-refractivity contribution in [3.63, 3.8) is 0 Å². The highest BCUT2D eigenvalue weighted by molar-refractivity contribution is 5.90. The van der Waals surface area contributed by atoms with Gasteiger partial charge in [0.05, 0.1) is 0 Å². The average Bonchev–Trinajstić information content (AvgIpc) is 3.00. The smallest absolute Gasteiger partial charge is 0.251 e. The van der Waals surface area contributed by atoms with Gasteiger partial charge in [-0.2, -0.15) is 0 Å². The van der Waals surface area contributed by atoms with Crippen LogP contribution >= 0.6 is 0 Å². The minimum absolute atomic E-state index is 0.0708. The number of carbonyl (C=O) groups is 1. The molecule has 0 unspecified atom stereocenters. The summed E-state index contributed by atoms with van der Waals surface area (Å²) in [6.45, 7) is 4.16. The molecule has 0 spiro atoms. The summed E-state index contributed by atoms with van der Waals surface area (Å²) >= 11 is 0. The molecule has 1 aliphatic rings. The Bertz CT molecular complexity index is 783. The lowest BCUT2D eigenvalue weighted by Crippen LogP contribution is -2.42. The number of aromatic nitrogens is 3. The largest absolute Gasteiger partial charge is 0.339 e. The summed E-state index contributed by atoms with van der Waals surface area (Å²) in [7, 11) is 0. The molecule has 25 heavy (non-hydrogen) atoms. The van der Waals surface area contributed by atoms with E-state index >= 15 is 0 Å². The molecular formula is C18H20F2N4O. The summed E-state index contributed by atoms with van der Waals surface area (Å²) in [4.78, 5) is 17.8. The molecule has 132 valence electrons. The number of amides is 1. The fourth-order valence-corrected chi connectivity index (χ4v) is 2.88. The second-order valence-corrected chi connectivity index (χ2v) is 6.42. The molecule has 1 aromatic carbocycles. The fourth-order valence-electron chi connectivity index (χ4n) is 2.88. The molecule has 0 bridgehead atoms. The van der Waals surface area contributed by atoms with E-state index in [4.69, 9.17) is 0 Å². The second-order valence-electron chi connectivity index (χ2n) is 6.42. The Kier molecular flexibility index (Phi) is 4.65. The minimum atomic E-state index is -2.66. The minimum Gasteiger partial charge on any atom is -0.339 e. The standard InChI is InChI=1S/C18H20F2N4O/c1-13-9-14(2)11-15(10-13)17-21-12-24(22-17)6-3-16(25)23-7-4-18(19,20)5-8-23/h3,6,9-12H,4-5,7-8H2,1-2H3/b6-3-. The number of piperidine rings is 1. The number of benzene rings is 1. The van der Waals surface area contributed by atoms with E-state index < -0.39 is 5.92 Å². The molecule has 0 N–H and O–H groups in total. The van der Waals surface area contributed by atoms with Gasteiger partial charge < -0.3 is 4.90 Å². The fraction of sp³-hybridized carbons (Fsp3) is 0.389. The van der Waals surface area contributed by atoms with Crippen molar-refractivity contribution in [1.29, 1.82) is 0 Å². The number of hydrogen-bond acceptors (Lipinski definition) is 3. The van der Waals surface area contributed by atoms with E-state index in [1.165, 1.54) is 28.2 Å². The van der Waals surface area contributed by atoms with E-state index in [1.807, 2.05) is 26.0 Å². The molecular weight excluding hydrogens is 326 g/mol. The predicted molar refractivity (Wildman–Crippen MR) is 91.0 cm³/mol. The first-order valence-corrected chi connectivity index (χ1v) is 8.17. The van der Waals surface area contributed by atoms with Crippen LogP contribution in [0.3, 0.4) is 0 Å². The van der Waals surface area contributed by atoms with Crippen LogP contribution in [0.2, 0.25) is 0 Å². The van der Waals surface area contributed by atoms with Gasteiger partial charge in [0.2, 0.25) is 5.91 Å². The molecule has 3 rings (SSSR count). The van der Waals surface area contributed by atoms with E-state index in [0.29, 0.717) is 5.82 Å². The third-order valence-corrected chi connectivity index (χ3v) is 4.16. The van der Waals surface area contributed by atoms with Crippen LogP contribution in [0, 0.1) is 13.8 Å². The first-order chi connectivity index (χ1) is 11.8. The number of rotatable bonds is 3. The van der Waals surface area contributed by atoms with Crippen LogP contribution in [-0.4, -0.2) is 44.6 Å². The van der Waals surface area contributed by atoms with Gasteiger partial charge in [-0.1, -0.05) is 17.2 Å². The van der Waals surface area contributed by atoms with E-state index in [1.54, 1.807) is 0 Å². The van der Waals surface area contributed by atoms with Crippen LogP contribution in [0.4, 0.5) is 8.78 Å². The molecule has 1 saturated heterocycles. The molecule has 2 heterocycles. The average molecular weight is 346 g/mol. The van der Waals surface area contributed by atoms with Gasteiger partial charge >= 0.3 is 0 Å². The van der Waals surface area contributed by atoms with Gasteiger partial charge in [-0.3, -0.25) is 4.79 Å². The predicted octanol–water partition coefficient (Wildman–Crippen LogP) is 3.29. The maximum Gasteiger partial charge on any atom is 0.251 e. The van der Waals surface area contributed by atoms with Crippen LogP contribution in [-0.2, 0) is 4.79 Å². The SMILES string of the molecule is Cc1cc(C)cc(-c2ncn(/C=C\C(=O)N3CCC(F)(F)CC3)n2)c1. The number of nitrogens with zero attached hydrogens (tertiary/aromatic N) is 4. The van der Waals surface area contributed by atoms with Crippen molar-refractivity contribution in [3.8, 4) is 11.4 Å². The van der Waals surface area contributed by atoms with Crippen molar-refractivity contribution < 1.29 is 13.6 Å². The highest BCUT2D eigenvalue weighted by Gasteiger charge is 2.34. The van der Waals surface area contributed by atoms with Gasteiger partial charge in [-0.15, -0.1) is 5.10 Å². The molecule has 0 radical (unpaired) electrons. The normalized spacial score (nSPS) is 17.2. The number of alkyl halides is 2. The molecule has 1 fully saturated rings. The molecule has 0 atom stereocenters.